The highest BCUT2D eigenvalue weighted by Gasteiger charge is 2.15. The van der Waals surface area contributed by atoms with Crippen molar-refractivity contribution in [2.24, 2.45) is 0 Å². The summed E-state index contributed by atoms with van der Waals surface area (Å²) < 4.78 is 1.98. The van der Waals surface area contributed by atoms with Gasteiger partial charge in [0.15, 0.2) is 11.0 Å². The van der Waals surface area contributed by atoms with Gasteiger partial charge in [0.2, 0.25) is 5.91 Å². The van der Waals surface area contributed by atoms with Crippen molar-refractivity contribution in [3.8, 4) is 11.4 Å². The molecule has 0 spiro atoms. The zero-order valence-corrected chi connectivity index (χ0v) is 18.6. The van der Waals surface area contributed by atoms with E-state index in [9.17, 15) is 4.79 Å². The van der Waals surface area contributed by atoms with Gasteiger partial charge in [-0.2, -0.15) is 0 Å². The lowest BCUT2D eigenvalue weighted by Gasteiger charge is -2.11. The zero-order valence-electron chi connectivity index (χ0n) is 17.8. The molecule has 2 aromatic carbocycles. The molecule has 0 fully saturated rings. The first-order valence-corrected chi connectivity index (χ1v) is 11.1. The molecule has 1 aromatic heterocycles. The molecule has 1 amide bonds. The molecule has 0 aliphatic heterocycles. The van der Waals surface area contributed by atoms with Gasteiger partial charge in [-0.1, -0.05) is 73.6 Å². The fourth-order valence-electron chi connectivity index (χ4n) is 3.06. The first kappa shape index (κ1) is 21.8. The molecule has 3 aromatic rings. The van der Waals surface area contributed by atoms with Gasteiger partial charge in [0.1, 0.15) is 0 Å². The molecule has 0 unspecified atom stereocenters. The Morgan fingerprint density at radius 1 is 1.17 bits per heavy atom. The number of allylic oxidation sites excluding steroid dienone is 1. The van der Waals surface area contributed by atoms with Crippen LogP contribution in [0.5, 0.6) is 0 Å². The van der Waals surface area contributed by atoms with Gasteiger partial charge in [0.05, 0.1) is 5.75 Å². The first-order valence-electron chi connectivity index (χ1n) is 10.2. The van der Waals surface area contributed by atoms with Crippen molar-refractivity contribution in [3.05, 3.63) is 72.3 Å². The third kappa shape index (κ3) is 5.39. The quantitative estimate of drug-likeness (QED) is 0.357. The molecule has 3 rings (SSSR count). The van der Waals surface area contributed by atoms with Crippen LogP contribution in [0.3, 0.4) is 0 Å². The summed E-state index contributed by atoms with van der Waals surface area (Å²) in [6, 6.07) is 16.2. The molecular weight excluding hydrogens is 392 g/mol. The maximum absolute atomic E-state index is 12.4. The summed E-state index contributed by atoms with van der Waals surface area (Å²) in [5.74, 6) is 1.49. The second kappa shape index (κ2) is 10.3. The number of amides is 1. The average molecular weight is 421 g/mol. The predicted octanol–water partition coefficient (Wildman–Crippen LogP) is 5.68. The summed E-state index contributed by atoms with van der Waals surface area (Å²) in [7, 11) is 0. The number of nitrogens with one attached hydrogen (secondary N) is 1. The smallest absolute Gasteiger partial charge is 0.234 e. The fourth-order valence-corrected chi connectivity index (χ4v) is 3.81. The Hall–Kier alpha value is -2.86. The maximum atomic E-state index is 12.4. The standard InChI is InChI=1S/C24H28N4OS/c1-5-15-28-23(20-9-7-17(3)8-10-20)26-27-24(28)30-16-22(29)25-21-13-11-19(12-14-21)18(4)6-2/h5,7-14,18H,1,6,15-16H2,2-4H3,(H,25,29)/t18-/m1/s1. The molecule has 0 saturated heterocycles. The van der Waals surface area contributed by atoms with Crippen LogP contribution in [-0.4, -0.2) is 26.4 Å². The lowest BCUT2D eigenvalue weighted by atomic mass is 9.99. The number of hydrogen-bond donors (Lipinski definition) is 1. The summed E-state index contributed by atoms with van der Waals surface area (Å²) in [6.45, 7) is 10.8. The second-order valence-corrected chi connectivity index (χ2v) is 8.28. The van der Waals surface area contributed by atoms with Crippen LogP contribution in [0.2, 0.25) is 0 Å². The minimum Gasteiger partial charge on any atom is -0.325 e. The Balaban J connectivity index is 1.65. The average Bonchev–Trinajstić information content (AvgIpc) is 3.15. The monoisotopic (exact) mass is 420 g/mol. The van der Waals surface area contributed by atoms with E-state index in [2.05, 4.69) is 67.1 Å². The van der Waals surface area contributed by atoms with Gasteiger partial charge >= 0.3 is 0 Å². The van der Waals surface area contributed by atoms with Crippen molar-refractivity contribution in [1.29, 1.82) is 0 Å². The Morgan fingerprint density at radius 3 is 2.50 bits per heavy atom. The topological polar surface area (TPSA) is 59.8 Å². The molecule has 6 heteroatoms. The number of benzene rings is 2. The number of thioether (sulfide) groups is 1. The number of carbonyl (C=O) groups is 1. The molecule has 0 aliphatic carbocycles. The van der Waals surface area contributed by atoms with Gasteiger partial charge in [-0.15, -0.1) is 16.8 Å². The number of aromatic nitrogens is 3. The molecule has 5 nitrogen and oxygen atoms in total. The van der Waals surface area contributed by atoms with E-state index in [4.69, 9.17) is 0 Å². The van der Waals surface area contributed by atoms with Crippen molar-refractivity contribution < 1.29 is 4.79 Å². The van der Waals surface area contributed by atoms with Crippen molar-refractivity contribution in [2.75, 3.05) is 11.1 Å². The van der Waals surface area contributed by atoms with Crippen LogP contribution >= 0.6 is 11.8 Å². The third-order valence-electron chi connectivity index (χ3n) is 5.05. The molecule has 0 aliphatic rings. The van der Waals surface area contributed by atoms with Gasteiger partial charge < -0.3 is 5.32 Å². The summed E-state index contributed by atoms with van der Waals surface area (Å²) in [4.78, 5) is 12.4. The van der Waals surface area contributed by atoms with Crippen molar-refractivity contribution in [3.63, 3.8) is 0 Å². The van der Waals surface area contributed by atoms with E-state index >= 15 is 0 Å². The van der Waals surface area contributed by atoms with Crippen molar-refractivity contribution >= 4 is 23.4 Å². The van der Waals surface area contributed by atoms with Gasteiger partial charge in [0, 0.05) is 17.8 Å². The summed E-state index contributed by atoms with van der Waals surface area (Å²) in [5, 5.41) is 12.3. The molecule has 156 valence electrons. The maximum Gasteiger partial charge on any atom is 0.234 e. The minimum absolute atomic E-state index is 0.0682. The molecule has 1 atom stereocenters. The van der Waals surface area contributed by atoms with E-state index in [1.807, 2.05) is 34.9 Å². The molecule has 1 N–H and O–H groups in total. The largest absolute Gasteiger partial charge is 0.325 e. The summed E-state index contributed by atoms with van der Waals surface area (Å²) in [6.07, 6.45) is 2.91. The Labute approximate surface area is 182 Å². The number of rotatable bonds is 9. The molecule has 1 heterocycles. The van der Waals surface area contributed by atoms with E-state index in [1.54, 1.807) is 0 Å². The fraction of sp³-hybridized carbons (Fsp3) is 0.292. The number of carbonyl (C=O) groups excluding carboxylic acids is 1. The number of nitrogens with zero attached hydrogens (tertiary/aromatic N) is 3. The lowest BCUT2D eigenvalue weighted by Crippen LogP contribution is -2.14. The number of aryl methyl sites for hydroxylation is 1. The first-order chi connectivity index (χ1) is 14.5. The molecule has 0 saturated carbocycles. The molecular formula is C24H28N4OS. The number of hydrogen-bond acceptors (Lipinski definition) is 4. The Bertz CT molecular complexity index is 993. The van der Waals surface area contributed by atoms with Crippen LogP contribution in [-0.2, 0) is 11.3 Å². The van der Waals surface area contributed by atoms with Crippen LogP contribution in [0.15, 0.2) is 66.3 Å². The Morgan fingerprint density at radius 2 is 1.87 bits per heavy atom. The second-order valence-electron chi connectivity index (χ2n) is 7.34. The van der Waals surface area contributed by atoms with E-state index < -0.39 is 0 Å². The van der Waals surface area contributed by atoms with Crippen LogP contribution in [0, 0.1) is 6.92 Å². The van der Waals surface area contributed by atoms with Crippen LogP contribution < -0.4 is 5.32 Å². The van der Waals surface area contributed by atoms with Crippen molar-refractivity contribution in [1.82, 2.24) is 14.8 Å². The molecule has 0 bridgehead atoms. The third-order valence-corrected chi connectivity index (χ3v) is 6.01. The SMILES string of the molecule is C=CCn1c(SCC(=O)Nc2ccc([C@H](C)CC)cc2)nnc1-c1ccc(C)cc1. The lowest BCUT2D eigenvalue weighted by molar-refractivity contribution is -0.113. The highest BCUT2D eigenvalue weighted by molar-refractivity contribution is 7.99. The normalized spacial score (nSPS) is 11.8. The highest BCUT2D eigenvalue weighted by Crippen LogP contribution is 2.25. The molecule has 30 heavy (non-hydrogen) atoms. The predicted molar refractivity (Wildman–Crippen MR) is 125 cm³/mol. The van der Waals surface area contributed by atoms with Crippen LogP contribution in [0.25, 0.3) is 11.4 Å². The zero-order chi connectivity index (χ0) is 21.5. The number of anilines is 1. The highest BCUT2D eigenvalue weighted by atomic mass is 32.2. The van der Waals surface area contributed by atoms with E-state index in [-0.39, 0.29) is 11.7 Å². The summed E-state index contributed by atoms with van der Waals surface area (Å²) in [5.41, 5.74) is 4.27. The van der Waals surface area contributed by atoms with Crippen LogP contribution in [0.1, 0.15) is 37.3 Å². The van der Waals surface area contributed by atoms with E-state index in [1.165, 1.54) is 22.9 Å². The van der Waals surface area contributed by atoms with E-state index in [0.717, 1.165) is 23.5 Å². The minimum atomic E-state index is -0.0682. The van der Waals surface area contributed by atoms with Gasteiger partial charge in [-0.3, -0.25) is 9.36 Å². The van der Waals surface area contributed by atoms with Crippen LogP contribution in [0.4, 0.5) is 5.69 Å². The Kier molecular flexibility index (Phi) is 7.46. The van der Waals surface area contributed by atoms with Gasteiger partial charge in [-0.05, 0) is 37.0 Å². The van der Waals surface area contributed by atoms with Gasteiger partial charge in [0.25, 0.3) is 0 Å². The van der Waals surface area contributed by atoms with E-state index in [0.29, 0.717) is 17.6 Å². The van der Waals surface area contributed by atoms with Gasteiger partial charge in [-0.25, -0.2) is 0 Å². The van der Waals surface area contributed by atoms with Crippen molar-refractivity contribution in [2.45, 2.75) is 44.8 Å². The molecule has 0 radical (unpaired) electrons. The summed E-state index contributed by atoms with van der Waals surface area (Å²) >= 11 is 1.37.